The summed E-state index contributed by atoms with van der Waals surface area (Å²) < 4.78 is 6.54. The first-order chi connectivity index (χ1) is 9.93. The lowest BCUT2D eigenvalue weighted by atomic mass is 9.79. The SMILES string of the molecule is CCOC(=O)[C@H]1CC=C(C)C[C@@H]1C(=O)n1nc(C)cc1C. The van der Waals surface area contributed by atoms with Gasteiger partial charge >= 0.3 is 5.97 Å². The largest absolute Gasteiger partial charge is 0.466 e. The van der Waals surface area contributed by atoms with Crippen LogP contribution < -0.4 is 0 Å². The fourth-order valence-electron chi connectivity index (χ4n) is 2.84. The summed E-state index contributed by atoms with van der Waals surface area (Å²) in [4.78, 5) is 24.9. The van der Waals surface area contributed by atoms with Crippen molar-refractivity contribution in [3.63, 3.8) is 0 Å². The fourth-order valence-corrected chi connectivity index (χ4v) is 2.84. The normalized spacial score (nSPS) is 21.8. The van der Waals surface area contributed by atoms with Crippen molar-refractivity contribution in [2.24, 2.45) is 11.8 Å². The third-order valence-corrected chi connectivity index (χ3v) is 3.87. The third kappa shape index (κ3) is 3.23. The molecular formula is C16H22N2O3. The molecule has 1 aliphatic carbocycles. The molecule has 0 radical (unpaired) electrons. The van der Waals surface area contributed by atoms with E-state index in [9.17, 15) is 9.59 Å². The summed E-state index contributed by atoms with van der Waals surface area (Å²) in [7, 11) is 0. The second-order valence-corrected chi connectivity index (χ2v) is 5.63. The summed E-state index contributed by atoms with van der Waals surface area (Å²) in [5, 5.41) is 4.25. The van der Waals surface area contributed by atoms with Crippen LogP contribution in [0.1, 0.15) is 42.9 Å². The van der Waals surface area contributed by atoms with Gasteiger partial charge in [0.05, 0.1) is 24.1 Å². The smallest absolute Gasteiger partial charge is 0.310 e. The number of rotatable bonds is 3. The van der Waals surface area contributed by atoms with Gasteiger partial charge in [-0.05, 0) is 46.6 Å². The predicted octanol–water partition coefficient (Wildman–Crippen LogP) is 2.68. The minimum atomic E-state index is -0.412. The number of carbonyl (C=O) groups is 2. The quantitative estimate of drug-likeness (QED) is 0.634. The molecule has 0 unspecified atom stereocenters. The summed E-state index contributed by atoms with van der Waals surface area (Å²) in [5.41, 5.74) is 2.74. The van der Waals surface area contributed by atoms with Gasteiger partial charge in [0.2, 0.25) is 0 Å². The minimum absolute atomic E-state index is 0.119. The van der Waals surface area contributed by atoms with E-state index in [1.165, 1.54) is 4.68 Å². The van der Waals surface area contributed by atoms with Gasteiger partial charge < -0.3 is 4.74 Å². The number of allylic oxidation sites excluding steroid dienone is 2. The maximum absolute atomic E-state index is 12.8. The standard InChI is InChI=1S/C16H22N2O3/c1-5-21-16(20)13-7-6-10(2)8-14(13)15(19)18-12(4)9-11(3)17-18/h6,9,13-14H,5,7-8H2,1-4H3/t13-,14-/m0/s1. The molecule has 1 heterocycles. The van der Waals surface area contributed by atoms with Crippen molar-refractivity contribution < 1.29 is 14.3 Å². The zero-order valence-electron chi connectivity index (χ0n) is 13.0. The van der Waals surface area contributed by atoms with Crippen LogP contribution in [0.15, 0.2) is 17.7 Å². The molecule has 114 valence electrons. The number of carbonyl (C=O) groups excluding carboxylic acids is 2. The number of aryl methyl sites for hydroxylation is 2. The van der Waals surface area contributed by atoms with Gasteiger partial charge in [-0.1, -0.05) is 11.6 Å². The maximum Gasteiger partial charge on any atom is 0.310 e. The number of hydrogen-bond acceptors (Lipinski definition) is 4. The Hall–Kier alpha value is -1.91. The van der Waals surface area contributed by atoms with Crippen molar-refractivity contribution in [2.75, 3.05) is 6.61 Å². The van der Waals surface area contributed by atoms with Crippen LogP contribution in [0.5, 0.6) is 0 Å². The zero-order chi connectivity index (χ0) is 15.6. The van der Waals surface area contributed by atoms with Crippen LogP contribution in [0.2, 0.25) is 0 Å². The first-order valence-electron chi connectivity index (χ1n) is 7.33. The van der Waals surface area contributed by atoms with Crippen molar-refractivity contribution in [3.05, 3.63) is 29.1 Å². The summed E-state index contributed by atoms with van der Waals surface area (Å²) in [6, 6.07) is 1.86. The highest BCUT2D eigenvalue weighted by atomic mass is 16.5. The van der Waals surface area contributed by atoms with Crippen LogP contribution in [-0.4, -0.2) is 28.3 Å². The fraction of sp³-hybridized carbons (Fsp3) is 0.562. The van der Waals surface area contributed by atoms with Gasteiger partial charge in [-0.15, -0.1) is 0 Å². The molecule has 0 amide bonds. The molecule has 2 atom stereocenters. The number of hydrogen-bond donors (Lipinski definition) is 0. The lowest BCUT2D eigenvalue weighted by Gasteiger charge is -2.27. The van der Waals surface area contributed by atoms with Gasteiger partial charge in [-0.2, -0.15) is 5.10 Å². The molecule has 0 aliphatic heterocycles. The first-order valence-corrected chi connectivity index (χ1v) is 7.33. The molecule has 1 aromatic heterocycles. The van der Waals surface area contributed by atoms with Crippen molar-refractivity contribution >= 4 is 11.9 Å². The average Bonchev–Trinajstić information content (AvgIpc) is 2.77. The van der Waals surface area contributed by atoms with Crippen LogP contribution in [0.4, 0.5) is 0 Å². The van der Waals surface area contributed by atoms with Crippen molar-refractivity contribution in [1.29, 1.82) is 0 Å². The van der Waals surface area contributed by atoms with Crippen LogP contribution in [0, 0.1) is 25.7 Å². The lowest BCUT2D eigenvalue weighted by molar-refractivity contribution is -0.149. The molecule has 1 aromatic rings. The van der Waals surface area contributed by atoms with E-state index in [4.69, 9.17) is 4.74 Å². The summed E-state index contributed by atoms with van der Waals surface area (Å²) in [6.45, 7) is 7.80. The molecule has 0 fully saturated rings. The minimum Gasteiger partial charge on any atom is -0.466 e. The van der Waals surface area contributed by atoms with E-state index in [0.717, 1.165) is 17.0 Å². The molecule has 5 nitrogen and oxygen atoms in total. The highest BCUT2D eigenvalue weighted by Crippen LogP contribution is 2.32. The number of nitrogens with zero attached hydrogens (tertiary/aromatic N) is 2. The van der Waals surface area contributed by atoms with Crippen LogP contribution in [0.3, 0.4) is 0 Å². The van der Waals surface area contributed by atoms with Gasteiger partial charge in [-0.3, -0.25) is 9.59 Å². The van der Waals surface area contributed by atoms with E-state index < -0.39 is 11.8 Å². The molecule has 0 bridgehead atoms. The molecule has 0 spiro atoms. The number of aromatic nitrogens is 2. The van der Waals surface area contributed by atoms with Gasteiger partial charge in [-0.25, -0.2) is 4.68 Å². The Morgan fingerprint density at radius 2 is 2.05 bits per heavy atom. The topological polar surface area (TPSA) is 61.2 Å². The molecule has 21 heavy (non-hydrogen) atoms. The average molecular weight is 290 g/mol. The van der Waals surface area contributed by atoms with E-state index in [2.05, 4.69) is 5.10 Å². The van der Waals surface area contributed by atoms with E-state index in [1.54, 1.807) is 6.92 Å². The number of ether oxygens (including phenoxy) is 1. The van der Waals surface area contributed by atoms with Crippen molar-refractivity contribution in [2.45, 2.75) is 40.5 Å². The maximum atomic E-state index is 12.8. The Balaban J connectivity index is 2.29. The van der Waals surface area contributed by atoms with E-state index in [1.807, 2.05) is 32.9 Å². The zero-order valence-corrected chi connectivity index (χ0v) is 13.0. The molecule has 0 saturated carbocycles. The third-order valence-electron chi connectivity index (χ3n) is 3.87. The van der Waals surface area contributed by atoms with Gasteiger partial charge in [0, 0.05) is 5.69 Å². The molecule has 0 N–H and O–H groups in total. The van der Waals surface area contributed by atoms with E-state index in [-0.39, 0.29) is 11.9 Å². The Morgan fingerprint density at radius 3 is 2.62 bits per heavy atom. The summed E-state index contributed by atoms with van der Waals surface area (Å²) in [6.07, 6.45) is 3.16. The Bertz CT molecular complexity index is 586. The highest BCUT2D eigenvalue weighted by molar-refractivity contribution is 5.87. The highest BCUT2D eigenvalue weighted by Gasteiger charge is 2.37. The second-order valence-electron chi connectivity index (χ2n) is 5.63. The molecule has 0 saturated heterocycles. The van der Waals surface area contributed by atoms with Gasteiger partial charge in [0.15, 0.2) is 0 Å². The Kier molecular flexibility index (Phi) is 4.60. The summed E-state index contributed by atoms with van der Waals surface area (Å²) >= 11 is 0. The molecule has 0 aromatic carbocycles. The Labute approximate surface area is 125 Å². The summed E-state index contributed by atoms with van der Waals surface area (Å²) in [5.74, 6) is -1.22. The van der Waals surface area contributed by atoms with Crippen molar-refractivity contribution in [1.82, 2.24) is 9.78 Å². The van der Waals surface area contributed by atoms with Crippen LogP contribution in [-0.2, 0) is 9.53 Å². The van der Waals surface area contributed by atoms with E-state index in [0.29, 0.717) is 19.4 Å². The monoisotopic (exact) mass is 290 g/mol. The predicted molar refractivity (Wildman–Crippen MR) is 78.9 cm³/mol. The molecular weight excluding hydrogens is 268 g/mol. The van der Waals surface area contributed by atoms with Gasteiger partial charge in [0.25, 0.3) is 5.91 Å². The molecule has 1 aliphatic rings. The van der Waals surface area contributed by atoms with Crippen molar-refractivity contribution in [3.8, 4) is 0 Å². The van der Waals surface area contributed by atoms with Crippen LogP contribution >= 0.6 is 0 Å². The number of esters is 1. The first kappa shape index (κ1) is 15.5. The second kappa shape index (κ2) is 6.24. The molecule has 2 rings (SSSR count). The van der Waals surface area contributed by atoms with E-state index >= 15 is 0 Å². The lowest BCUT2D eigenvalue weighted by Crippen LogP contribution is -2.36. The van der Waals surface area contributed by atoms with Crippen LogP contribution in [0.25, 0.3) is 0 Å². The molecule has 5 heteroatoms. The Morgan fingerprint density at radius 1 is 1.33 bits per heavy atom. The van der Waals surface area contributed by atoms with Gasteiger partial charge in [0.1, 0.15) is 0 Å².